The van der Waals surface area contributed by atoms with Crippen LogP contribution in [0.4, 0.5) is 5.69 Å². The third-order valence-electron chi connectivity index (χ3n) is 4.13. The van der Waals surface area contributed by atoms with Gasteiger partial charge in [-0.2, -0.15) is 5.10 Å². The average Bonchev–Trinajstić information content (AvgIpc) is 3.11. The van der Waals surface area contributed by atoms with E-state index < -0.39 is 11.9 Å². The largest absolute Gasteiger partial charge is 0.465 e. The number of carbonyl (C=O) groups is 2. The number of ether oxygens (including phenoxy) is 2. The van der Waals surface area contributed by atoms with Crippen LogP contribution in [0.5, 0.6) is 0 Å². The lowest BCUT2D eigenvalue weighted by molar-refractivity contribution is -0.139. The molecular formula is C20H19N3O5. The Labute approximate surface area is 161 Å². The van der Waals surface area contributed by atoms with Crippen LogP contribution in [0.2, 0.25) is 0 Å². The van der Waals surface area contributed by atoms with Crippen molar-refractivity contribution < 1.29 is 24.2 Å². The Kier molecular flexibility index (Phi) is 5.71. The number of esters is 2. The van der Waals surface area contributed by atoms with Gasteiger partial charge in [-0.1, -0.05) is 24.3 Å². The number of aromatic nitrogens is 2. The maximum Gasteiger partial charge on any atom is 0.355 e. The topological polar surface area (TPSA) is 105 Å². The molecule has 2 N–H and O–H groups in total. The highest BCUT2D eigenvalue weighted by Crippen LogP contribution is 2.34. The molecule has 0 spiro atoms. The fourth-order valence-corrected chi connectivity index (χ4v) is 2.83. The van der Waals surface area contributed by atoms with E-state index in [0.29, 0.717) is 22.6 Å². The minimum atomic E-state index is -0.690. The first kappa shape index (κ1) is 19.1. The molecule has 1 aliphatic rings. The predicted molar refractivity (Wildman–Crippen MR) is 102 cm³/mol. The van der Waals surface area contributed by atoms with Crippen LogP contribution in [0.3, 0.4) is 0 Å². The van der Waals surface area contributed by atoms with Crippen molar-refractivity contribution in [3.63, 3.8) is 0 Å². The molecule has 8 heteroatoms. The number of anilines is 1. The normalized spacial score (nSPS) is 13.5. The Bertz CT molecular complexity index is 987. The van der Waals surface area contributed by atoms with E-state index in [2.05, 4.69) is 10.2 Å². The zero-order valence-electron chi connectivity index (χ0n) is 15.4. The maximum atomic E-state index is 12.6. The van der Waals surface area contributed by atoms with Gasteiger partial charge in [0.2, 0.25) is 0 Å². The minimum absolute atomic E-state index is 0.0183. The van der Waals surface area contributed by atoms with E-state index in [1.165, 1.54) is 20.3 Å². The number of aromatic amines is 1. The summed E-state index contributed by atoms with van der Waals surface area (Å²) in [7, 11) is 2.49. The number of benzene rings is 1. The number of rotatable bonds is 5. The van der Waals surface area contributed by atoms with Gasteiger partial charge in [0, 0.05) is 11.8 Å². The summed E-state index contributed by atoms with van der Waals surface area (Å²) in [6.07, 6.45) is 6.47. The zero-order valence-corrected chi connectivity index (χ0v) is 15.4. The van der Waals surface area contributed by atoms with Gasteiger partial charge in [0.15, 0.2) is 0 Å². The second kappa shape index (κ2) is 8.36. The van der Waals surface area contributed by atoms with Gasteiger partial charge < -0.3 is 19.5 Å². The fourth-order valence-electron chi connectivity index (χ4n) is 2.83. The number of para-hydroxylation sites is 1. The van der Waals surface area contributed by atoms with Gasteiger partial charge in [-0.3, -0.25) is 5.10 Å². The van der Waals surface area contributed by atoms with Gasteiger partial charge in [-0.25, -0.2) is 9.59 Å². The number of hydrogen-bond acceptors (Lipinski definition) is 7. The maximum absolute atomic E-state index is 12.6. The van der Waals surface area contributed by atoms with Crippen LogP contribution in [0, 0.1) is 0 Å². The molecule has 0 unspecified atom stereocenters. The lowest BCUT2D eigenvalue weighted by atomic mass is 10.1. The fraction of sp³-hybridized carbons (Fsp3) is 0.150. The van der Waals surface area contributed by atoms with Crippen molar-refractivity contribution in [3.8, 4) is 11.3 Å². The number of carbonyl (C=O) groups excluding carboxylic acids is 2. The molecule has 0 atom stereocenters. The summed E-state index contributed by atoms with van der Waals surface area (Å²) in [5, 5.41) is 16.3. The number of aliphatic hydroxyl groups excluding tert-OH is 1. The monoisotopic (exact) mass is 381 g/mol. The van der Waals surface area contributed by atoms with Crippen LogP contribution in [-0.2, 0) is 25.7 Å². The molecule has 2 heterocycles. The van der Waals surface area contributed by atoms with Crippen molar-refractivity contribution in [3.05, 3.63) is 71.7 Å². The third kappa shape index (κ3) is 3.58. The Balaban J connectivity index is 2.21. The third-order valence-corrected chi connectivity index (χ3v) is 4.13. The summed E-state index contributed by atoms with van der Waals surface area (Å²) in [4.78, 5) is 26.4. The van der Waals surface area contributed by atoms with E-state index in [4.69, 9.17) is 9.47 Å². The second-order valence-electron chi connectivity index (χ2n) is 5.77. The number of hydrogen-bond donors (Lipinski definition) is 2. The number of nitrogens with zero attached hydrogens (tertiary/aromatic N) is 2. The summed E-state index contributed by atoms with van der Waals surface area (Å²) in [6.45, 7) is -0.178. The molecule has 0 radical (unpaired) electrons. The van der Waals surface area contributed by atoms with Gasteiger partial charge in [0.1, 0.15) is 5.70 Å². The highest BCUT2D eigenvalue weighted by atomic mass is 16.5. The molecule has 0 saturated carbocycles. The highest BCUT2D eigenvalue weighted by molar-refractivity contribution is 6.06. The van der Waals surface area contributed by atoms with Crippen molar-refractivity contribution in [2.75, 3.05) is 19.1 Å². The zero-order chi connectivity index (χ0) is 20.1. The average molecular weight is 381 g/mol. The van der Waals surface area contributed by atoms with Crippen LogP contribution >= 0.6 is 0 Å². The summed E-state index contributed by atoms with van der Waals surface area (Å²) in [6, 6.07) is 8.95. The number of methoxy groups -OCH3 is 2. The molecule has 28 heavy (non-hydrogen) atoms. The molecule has 1 aromatic carbocycles. The number of aliphatic hydroxyl groups is 1. The van der Waals surface area contributed by atoms with Crippen molar-refractivity contribution >= 4 is 17.6 Å². The molecule has 0 bridgehead atoms. The molecule has 0 fully saturated rings. The quantitative estimate of drug-likeness (QED) is 0.764. The SMILES string of the molecule is COC(=O)C1=C(C(=O)OC)N(c2ccccc2-c2cc(CO)[nH]n2)C=CC=C1. The standard InChI is InChI=1S/C20H19N3O5/c1-27-19(25)15-8-5-6-10-23(18(15)20(26)28-2)17-9-4-3-7-14(17)16-11-13(12-24)21-22-16/h3-11,24H,12H2,1-2H3,(H,21,22). The molecule has 0 aliphatic carbocycles. The molecule has 0 amide bonds. The van der Waals surface area contributed by atoms with E-state index in [-0.39, 0.29) is 17.9 Å². The molecule has 8 nitrogen and oxygen atoms in total. The Hall–Kier alpha value is -3.65. The van der Waals surface area contributed by atoms with E-state index in [9.17, 15) is 14.7 Å². The van der Waals surface area contributed by atoms with Gasteiger partial charge >= 0.3 is 11.9 Å². The summed E-state index contributed by atoms with van der Waals surface area (Å²) in [5.41, 5.74) is 2.50. The number of allylic oxidation sites excluding steroid dienone is 2. The molecule has 3 rings (SSSR count). The van der Waals surface area contributed by atoms with Gasteiger partial charge in [0.05, 0.1) is 43.5 Å². The van der Waals surface area contributed by atoms with Crippen LogP contribution < -0.4 is 4.90 Å². The van der Waals surface area contributed by atoms with E-state index in [1.54, 1.807) is 41.5 Å². The van der Waals surface area contributed by atoms with Gasteiger partial charge in [0.25, 0.3) is 0 Å². The summed E-state index contributed by atoms with van der Waals surface area (Å²) < 4.78 is 9.75. The lowest BCUT2D eigenvalue weighted by Crippen LogP contribution is -2.27. The molecular weight excluding hydrogens is 362 g/mol. The molecule has 0 saturated heterocycles. The van der Waals surface area contributed by atoms with Gasteiger partial charge in [-0.15, -0.1) is 0 Å². The Morgan fingerprint density at radius 3 is 2.57 bits per heavy atom. The Morgan fingerprint density at radius 1 is 1.14 bits per heavy atom. The van der Waals surface area contributed by atoms with Crippen molar-refractivity contribution in [1.29, 1.82) is 0 Å². The second-order valence-corrected chi connectivity index (χ2v) is 5.77. The Morgan fingerprint density at radius 2 is 1.89 bits per heavy atom. The van der Waals surface area contributed by atoms with E-state index in [1.807, 2.05) is 12.1 Å². The van der Waals surface area contributed by atoms with E-state index >= 15 is 0 Å². The van der Waals surface area contributed by atoms with Crippen LogP contribution in [-0.4, -0.2) is 41.5 Å². The predicted octanol–water partition coefficient (Wildman–Crippen LogP) is 2.06. The summed E-state index contributed by atoms with van der Waals surface area (Å²) >= 11 is 0. The minimum Gasteiger partial charge on any atom is -0.465 e. The first-order valence-electron chi connectivity index (χ1n) is 8.40. The number of H-pyrrole nitrogens is 1. The molecule has 1 aromatic heterocycles. The molecule has 2 aromatic rings. The van der Waals surface area contributed by atoms with Gasteiger partial charge in [-0.05, 0) is 24.3 Å². The van der Waals surface area contributed by atoms with Crippen LogP contribution in [0.25, 0.3) is 11.3 Å². The van der Waals surface area contributed by atoms with E-state index in [0.717, 1.165) is 0 Å². The van der Waals surface area contributed by atoms with Crippen molar-refractivity contribution in [2.45, 2.75) is 6.61 Å². The van der Waals surface area contributed by atoms with Crippen molar-refractivity contribution in [2.24, 2.45) is 0 Å². The smallest absolute Gasteiger partial charge is 0.355 e. The number of nitrogens with one attached hydrogen (secondary N) is 1. The highest BCUT2D eigenvalue weighted by Gasteiger charge is 2.28. The van der Waals surface area contributed by atoms with Crippen LogP contribution in [0.15, 0.2) is 66.0 Å². The molecule has 144 valence electrons. The first-order chi connectivity index (χ1) is 13.6. The lowest BCUT2D eigenvalue weighted by Gasteiger charge is -2.25. The summed E-state index contributed by atoms with van der Waals surface area (Å²) in [5.74, 6) is -1.35. The molecule has 1 aliphatic heterocycles. The van der Waals surface area contributed by atoms with Crippen molar-refractivity contribution in [1.82, 2.24) is 10.2 Å². The first-order valence-corrected chi connectivity index (χ1v) is 8.40. The van der Waals surface area contributed by atoms with Crippen LogP contribution in [0.1, 0.15) is 5.69 Å².